The van der Waals surface area contributed by atoms with Gasteiger partial charge in [0, 0.05) is 24.7 Å². The minimum Gasteiger partial charge on any atom is -0.497 e. The number of ether oxygens (including phenoxy) is 1. The van der Waals surface area contributed by atoms with Crippen LogP contribution in [0.3, 0.4) is 0 Å². The van der Waals surface area contributed by atoms with Gasteiger partial charge in [0.15, 0.2) is 0 Å². The van der Waals surface area contributed by atoms with Gasteiger partial charge in [-0.3, -0.25) is 0 Å². The third kappa shape index (κ3) is 3.77. The fourth-order valence-electron chi connectivity index (χ4n) is 2.87. The van der Waals surface area contributed by atoms with E-state index in [4.69, 9.17) is 27.9 Å². The second-order valence-electron chi connectivity index (χ2n) is 5.76. The van der Waals surface area contributed by atoms with E-state index in [-0.39, 0.29) is 6.03 Å². The van der Waals surface area contributed by atoms with E-state index in [1.54, 1.807) is 25.3 Å². The molecule has 24 heavy (non-hydrogen) atoms. The number of benzene rings is 2. The van der Waals surface area contributed by atoms with Gasteiger partial charge in [0.05, 0.1) is 17.2 Å². The quantitative estimate of drug-likeness (QED) is 0.830. The molecule has 4 nitrogen and oxygen atoms in total. The Morgan fingerprint density at radius 2 is 1.92 bits per heavy atom. The lowest BCUT2D eigenvalue weighted by molar-refractivity contribution is 0.222. The molecule has 1 aliphatic heterocycles. The molecular weight excluding hydrogens is 347 g/mol. The first-order valence-electron chi connectivity index (χ1n) is 7.72. The fraction of sp³-hybridized carbons (Fsp3) is 0.278. The maximum absolute atomic E-state index is 12.4. The van der Waals surface area contributed by atoms with E-state index in [0.717, 1.165) is 18.7 Å². The molecule has 3 rings (SSSR count). The Morgan fingerprint density at radius 3 is 2.58 bits per heavy atom. The number of urea groups is 1. The number of hydrogen-bond donors (Lipinski definition) is 1. The van der Waals surface area contributed by atoms with Crippen LogP contribution in [0.2, 0.25) is 10.0 Å². The largest absolute Gasteiger partial charge is 0.497 e. The van der Waals surface area contributed by atoms with Gasteiger partial charge in [-0.25, -0.2) is 4.79 Å². The van der Waals surface area contributed by atoms with Crippen molar-refractivity contribution in [2.75, 3.05) is 25.5 Å². The first-order chi connectivity index (χ1) is 11.6. The zero-order valence-corrected chi connectivity index (χ0v) is 14.8. The number of halogens is 2. The smallest absolute Gasteiger partial charge is 0.321 e. The first kappa shape index (κ1) is 16.9. The molecule has 1 atom stereocenters. The molecule has 1 heterocycles. The molecule has 2 aromatic rings. The molecule has 0 radical (unpaired) electrons. The molecule has 1 aliphatic rings. The number of rotatable bonds is 3. The second-order valence-corrected chi connectivity index (χ2v) is 6.58. The summed E-state index contributed by atoms with van der Waals surface area (Å²) in [6.07, 6.45) is 0.946. The number of carbonyl (C=O) groups is 1. The summed E-state index contributed by atoms with van der Waals surface area (Å²) in [5, 5.41) is 3.76. The maximum Gasteiger partial charge on any atom is 0.321 e. The molecule has 2 amide bonds. The zero-order valence-electron chi connectivity index (χ0n) is 13.3. The molecule has 2 aromatic carbocycles. The monoisotopic (exact) mass is 364 g/mol. The highest BCUT2D eigenvalue weighted by atomic mass is 35.5. The predicted octanol–water partition coefficient (Wildman–Crippen LogP) is 5.02. The number of nitrogens with one attached hydrogen (secondary N) is 1. The van der Waals surface area contributed by atoms with Crippen molar-refractivity contribution in [2.45, 2.75) is 12.3 Å². The molecule has 0 bridgehead atoms. The minimum absolute atomic E-state index is 0.121. The van der Waals surface area contributed by atoms with Crippen LogP contribution < -0.4 is 10.1 Å². The topological polar surface area (TPSA) is 41.6 Å². The molecule has 0 saturated carbocycles. The van der Waals surface area contributed by atoms with E-state index in [0.29, 0.717) is 28.2 Å². The van der Waals surface area contributed by atoms with Gasteiger partial charge in [-0.05, 0) is 42.3 Å². The lowest BCUT2D eigenvalue weighted by Crippen LogP contribution is -2.32. The zero-order chi connectivity index (χ0) is 17.1. The van der Waals surface area contributed by atoms with Gasteiger partial charge in [0.1, 0.15) is 5.75 Å². The van der Waals surface area contributed by atoms with Crippen molar-refractivity contribution in [3.63, 3.8) is 0 Å². The fourth-order valence-corrected chi connectivity index (χ4v) is 3.17. The van der Waals surface area contributed by atoms with Gasteiger partial charge < -0.3 is 15.0 Å². The number of hydrogen-bond acceptors (Lipinski definition) is 2. The van der Waals surface area contributed by atoms with E-state index < -0.39 is 0 Å². The molecule has 0 aromatic heterocycles. The van der Waals surface area contributed by atoms with Gasteiger partial charge in [0.25, 0.3) is 0 Å². The molecule has 0 unspecified atom stereocenters. The Balaban J connectivity index is 1.61. The van der Waals surface area contributed by atoms with E-state index in [1.807, 2.05) is 17.0 Å². The van der Waals surface area contributed by atoms with Crippen LogP contribution in [-0.2, 0) is 0 Å². The summed E-state index contributed by atoms with van der Waals surface area (Å²) in [4.78, 5) is 14.2. The third-order valence-corrected chi connectivity index (χ3v) is 4.97. The summed E-state index contributed by atoms with van der Waals surface area (Å²) in [5.74, 6) is 1.18. The summed E-state index contributed by atoms with van der Waals surface area (Å²) in [5.41, 5.74) is 1.86. The number of methoxy groups -OCH3 is 1. The van der Waals surface area contributed by atoms with Gasteiger partial charge in [0.2, 0.25) is 0 Å². The highest BCUT2D eigenvalue weighted by molar-refractivity contribution is 6.42. The van der Waals surface area contributed by atoms with Crippen LogP contribution in [0, 0.1) is 0 Å². The molecule has 1 saturated heterocycles. The molecule has 126 valence electrons. The Bertz CT molecular complexity index is 734. The summed E-state index contributed by atoms with van der Waals surface area (Å²) in [6.45, 7) is 1.42. The van der Waals surface area contributed by atoms with Crippen molar-refractivity contribution in [2.24, 2.45) is 0 Å². The van der Waals surface area contributed by atoms with Gasteiger partial charge in [-0.15, -0.1) is 0 Å². The third-order valence-electron chi connectivity index (χ3n) is 4.23. The van der Waals surface area contributed by atoms with Crippen molar-refractivity contribution >= 4 is 34.9 Å². The molecule has 6 heteroatoms. The second kappa shape index (κ2) is 7.32. The predicted molar refractivity (Wildman–Crippen MR) is 97.4 cm³/mol. The van der Waals surface area contributed by atoms with Crippen LogP contribution in [0.1, 0.15) is 17.9 Å². The van der Waals surface area contributed by atoms with Crippen molar-refractivity contribution in [3.05, 3.63) is 58.1 Å². The van der Waals surface area contributed by atoms with Gasteiger partial charge in [-0.2, -0.15) is 0 Å². The number of anilines is 1. The van der Waals surface area contributed by atoms with Crippen LogP contribution in [0.5, 0.6) is 5.75 Å². The Morgan fingerprint density at radius 1 is 1.17 bits per heavy atom. The summed E-state index contributed by atoms with van der Waals surface area (Å²) in [6, 6.07) is 13.0. The van der Waals surface area contributed by atoms with Crippen LogP contribution in [-0.4, -0.2) is 31.1 Å². The molecule has 0 spiro atoms. The van der Waals surface area contributed by atoms with Crippen molar-refractivity contribution in [3.8, 4) is 5.75 Å². The van der Waals surface area contributed by atoms with Crippen molar-refractivity contribution in [1.29, 1.82) is 0 Å². The molecule has 0 aliphatic carbocycles. The average Bonchev–Trinajstić information content (AvgIpc) is 3.08. The average molecular weight is 365 g/mol. The van der Waals surface area contributed by atoms with E-state index in [2.05, 4.69) is 17.4 Å². The minimum atomic E-state index is -0.121. The van der Waals surface area contributed by atoms with Crippen molar-refractivity contribution < 1.29 is 9.53 Å². The van der Waals surface area contributed by atoms with E-state index >= 15 is 0 Å². The number of amides is 2. The van der Waals surface area contributed by atoms with Gasteiger partial charge in [-0.1, -0.05) is 35.3 Å². The Hall–Kier alpha value is -1.91. The summed E-state index contributed by atoms with van der Waals surface area (Å²) in [7, 11) is 1.65. The highest BCUT2D eigenvalue weighted by Gasteiger charge is 2.27. The SMILES string of the molecule is COc1ccc([C@H]2CCN(C(=O)Nc3ccc(Cl)c(Cl)c3)C2)cc1. The highest BCUT2D eigenvalue weighted by Crippen LogP contribution is 2.29. The number of carbonyl (C=O) groups excluding carboxylic acids is 1. The van der Waals surface area contributed by atoms with Crippen LogP contribution in [0.15, 0.2) is 42.5 Å². The summed E-state index contributed by atoms with van der Waals surface area (Å²) < 4.78 is 5.18. The van der Waals surface area contributed by atoms with Gasteiger partial charge >= 0.3 is 6.03 Å². The number of likely N-dealkylation sites (tertiary alicyclic amines) is 1. The summed E-state index contributed by atoms with van der Waals surface area (Å²) >= 11 is 11.9. The lowest BCUT2D eigenvalue weighted by Gasteiger charge is -2.18. The Labute approximate surface area is 151 Å². The standard InChI is InChI=1S/C18H18Cl2N2O2/c1-24-15-5-2-12(3-6-15)13-8-9-22(11-13)18(23)21-14-4-7-16(19)17(20)10-14/h2-7,10,13H,8-9,11H2,1H3,(H,21,23)/t13-/m0/s1. The molecule has 1 N–H and O–H groups in total. The van der Waals surface area contributed by atoms with Crippen LogP contribution >= 0.6 is 23.2 Å². The van der Waals surface area contributed by atoms with E-state index in [1.165, 1.54) is 5.56 Å². The normalized spacial score (nSPS) is 17.0. The van der Waals surface area contributed by atoms with Crippen LogP contribution in [0.4, 0.5) is 10.5 Å². The van der Waals surface area contributed by atoms with E-state index in [9.17, 15) is 4.79 Å². The lowest BCUT2D eigenvalue weighted by atomic mass is 9.98. The van der Waals surface area contributed by atoms with Crippen molar-refractivity contribution in [1.82, 2.24) is 4.90 Å². The maximum atomic E-state index is 12.4. The first-order valence-corrected chi connectivity index (χ1v) is 8.47. The Kier molecular flexibility index (Phi) is 5.17. The molecular formula is C18H18Cl2N2O2. The van der Waals surface area contributed by atoms with Crippen LogP contribution in [0.25, 0.3) is 0 Å². The molecule has 1 fully saturated rings. The number of nitrogens with zero attached hydrogens (tertiary/aromatic N) is 1.